The van der Waals surface area contributed by atoms with Crippen molar-refractivity contribution in [2.45, 2.75) is 13.3 Å². The molecule has 0 aliphatic heterocycles. The van der Waals surface area contributed by atoms with Crippen LogP contribution in [0.15, 0.2) is 48.9 Å². The molecule has 1 aromatic carbocycles. The molecule has 0 radical (unpaired) electrons. The van der Waals surface area contributed by atoms with E-state index < -0.39 is 0 Å². The zero-order valence-electron chi connectivity index (χ0n) is 10.7. The molecule has 2 heterocycles. The van der Waals surface area contributed by atoms with Gasteiger partial charge in [-0.25, -0.2) is 9.97 Å². The van der Waals surface area contributed by atoms with Crippen molar-refractivity contribution in [2.75, 3.05) is 5.32 Å². The Morgan fingerprint density at radius 2 is 1.89 bits per heavy atom. The highest BCUT2D eigenvalue weighted by Gasteiger charge is 2.00. The van der Waals surface area contributed by atoms with Crippen LogP contribution in [0.5, 0.6) is 0 Å². The van der Waals surface area contributed by atoms with Gasteiger partial charge < -0.3 is 5.32 Å². The fourth-order valence-corrected chi connectivity index (χ4v) is 1.88. The van der Waals surface area contributed by atoms with E-state index in [4.69, 9.17) is 0 Å². The highest BCUT2D eigenvalue weighted by molar-refractivity contribution is 5.82. The van der Waals surface area contributed by atoms with E-state index in [0.29, 0.717) is 5.95 Å². The summed E-state index contributed by atoms with van der Waals surface area (Å²) >= 11 is 0. The monoisotopic (exact) mass is 250 g/mol. The van der Waals surface area contributed by atoms with Gasteiger partial charge in [0.15, 0.2) is 0 Å². The van der Waals surface area contributed by atoms with E-state index >= 15 is 0 Å². The van der Waals surface area contributed by atoms with Crippen LogP contribution in [0, 0.1) is 0 Å². The van der Waals surface area contributed by atoms with Gasteiger partial charge >= 0.3 is 0 Å². The molecule has 3 aromatic rings. The summed E-state index contributed by atoms with van der Waals surface area (Å²) in [6.45, 7) is 2.09. The van der Waals surface area contributed by atoms with Crippen LogP contribution in [0.25, 0.3) is 10.9 Å². The number of rotatable bonds is 3. The number of benzene rings is 1. The van der Waals surface area contributed by atoms with Crippen molar-refractivity contribution >= 4 is 22.5 Å². The van der Waals surface area contributed by atoms with Gasteiger partial charge in [0, 0.05) is 29.7 Å². The Labute approximate surface area is 111 Å². The summed E-state index contributed by atoms with van der Waals surface area (Å²) in [5, 5.41) is 4.29. The molecule has 2 aromatic heterocycles. The molecule has 4 heteroatoms. The zero-order valence-corrected chi connectivity index (χ0v) is 10.7. The Hall–Kier alpha value is -2.49. The van der Waals surface area contributed by atoms with E-state index in [0.717, 1.165) is 28.6 Å². The van der Waals surface area contributed by atoms with E-state index in [9.17, 15) is 0 Å². The quantitative estimate of drug-likeness (QED) is 0.774. The third-order valence-electron chi connectivity index (χ3n) is 2.97. The molecular weight excluding hydrogens is 236 g/mol. The van der Waals surface area contributed by atoms with E-state index in [-0.39, 0.29) is 0 Å². The summed E-state index contributed by atoms with van der Waals surface area (Å²) < 4.78 is 0. The molecule has 0 aliphatic carbocycles. The topological polar surface area (TPSA) is 50.7 Å². The van der Waals surface area contributed by atoms with Crippen molar-refractivity contribution in [2.24, 2.45) is 0 Å². The molecule has 3 rings (SSSR count). The van der Waals surface area contributed by atoms with E-state index in [1.54, 1.807) is 6.20 Å². The summed E-state index contributed by atoms with van der Waals surface area (Å²) in [6.07, 6.45) is 6.43. The van der Waals surface area contributed by atoms with Crippen LogP contribution in [0.3, 0.4) is 0 Å². The molecule has 1 N–H and O–H groups in total. The number of nitrogens with one attached hydrogen (secondary N) is 1. The third-order valence-corrected chi connectivity index (χ3v) is 2.97. The van der Waals surface area contributed by atoms with Crippen molar-refractivity contribution in [3.63, 3.8) is 0 Å². The first-order valence-corrected chi connectivity index (χ1v) is 6.28. The van der Waals surface area contributed by atoms with E-state index in [2.05, 4.69) is 27.2 Å². The summed E-state index contributed by atoms with van der Waals surface area (Å²) in [7, 11) is 0. The number of pyridine rings is 1. The molecule has 0 spiro atoms. The summed E-state index contributed by atoms with van der Waals surface area (Å²) in [4.78, 5) is 12.9. The van der Waals surface area contributed by atoms with Crippen LogP contribution in [0.1, 0.15) is 12.5 Å². The third kappa shape index (κ3) is 2.52. The minimum Gasteiger partial charge on any atom is -0.324 e. The highest BCUT2D eigenvalue weighted by atomic mass is 15.1. The molecule has 94 valence electrons. The molecule has 0 fully saturated rings. The van der Waals surface area contributed by atoms with Crippen LogP contribution in [-0.2, 0) is 6.42 Å². The van der Waals surface area contributed by atoms with Gasteiger partial charge in [0.25, 0.3) is 0 Å². The van der Waals surface area contributed by atoms with Crippen molar-refractivity contribution in [3.05, 3.63) is 54.5 Å². The predicted molar refractivity (Wildman–Crippen MR) is 76.4 cm³/mol. The fourth-order valence-electron chi connectivity index (χ4n) is 1.88. The Kier molecular flexibility index (Phi) is 3.06. The lowest BCUT2D eigenvalue weighted by molar-refractivity contribution is 1.05. The summed E-state index contributed by atoms with van der Waals surface area (Å²) in [5.74, 6) is 0.612. The molecule has 19 heavy (non-hydrogen) atoms. The van der Waals surface area contributed by atoms with Crippen molar-refractivity contribution in [1.29, 1.82) is 0 Å². The van der Waals surface area contributed by atoms with Crippen molar-refractivity contribution in [1.82, 2.24) is 15.0 Å². The highest BCUT2D eigenvalue weighted by Crippen LogP contribution is 2.19. The molecular formula is C15H14N4. The Bertz CT molecular complexity index is 692. The maximum Gasteiger partial charge on any atom is 0.227 e. The molecule has 0 bridgehead atoms. The Morgan fingerprint density at radius 1 is 1.05 bits per heavy atom. The van der Waals surface area contributed by atoms with Gasteiger partial charge in [0.05, 0.1) is 5.52 Å². The first kappa shape index (κ1) is 11.6. The van der Waals surface area contributed by atoms with Crippen molar-refractivity contribution in [3.8, 4) is 0 Å². The van der Waals surface area contributed by atoms with Gasteiger partial charge in [-0.2, -0.15) is 0 Å². The second-order valence-electron chi connectivity index (χ2n) is 4.30. The minimum absolute atomic E-state index is 0.612. The number of nitrogens with zero attached hydrogens (tertiary/aromatic N) is 3. The molecule has 0 unspecified atom stereocenters. The fraction of sp³-hybridized carbons (Fsp3) is 0.133. The second-order valence-corrected chi connectivity index (χ2v) is 4.30. The summed E-state index contributed by atoms with van der Waals surface area (Å²) in [5.41, 5.74) is 3.08. The molecule has 0 saturated carbocycles. The Morgan fingerprint density at radius 3 is 2.68 bits per heavy atom. The predicted octanol–water partition coefficient (Wildman–Crippen LogP) is 3.33. The standard InChI is InChI=1S/C15H14N4/c1-2-11-9-17-15(18-10-11)19-13-5-6-14-12(8-13)4-3-7-16-14/h3-10H,2H2,1H3,(H,17,18,19). The van der Waals surface area contributed by atoms with Crippen LogP contribution in [0.2, 0.25) is 0 Å². The number of anilines is 2. The molecule has 0 amide bonds. The van der Waals surface area contributed by atoms with Gasteiger partial charge in [0.2, 0.25) is 5.95 Å². The molecule has 0 aliphatic rings. The van der Waals surface area contributed by atoms with Crippen LogP contribution in [0.4, 0.5) is 11.6 Å². The minimum atomic E-state index is 0.612. The maximum absolute atomic E-state index is 4.29. The number of hydrogen-bond acceptors (Lipinski definition) is 4. The Balaban J connectivity index is 1.87. The number of aryl methyl sites for hydroxylation is 1. The normalized spacial score (nSPS) is 10.6. The second kappa shape index (κ2) is 5.02. The number of aromatic nitrogens is 3. The average molecular weight is 250 g/mol. The smallest absolute Gasteiger partial charge is 0.227 e. The van der Waals surface area contributed by atoms with E-state index in [1.165, 1.54) is 0 Å². The summed E-state index contributed by atoms with van der Waals surface area (Å²) in [6, 6.07) is 9.97. The number of fused-ring (bicyclic) bond motifs is 1. The SMILES string of the molecule is CCc1cnc(Nc2ccc3ncccc3c2)nc1. The van der Waals surface area contributed by atoms with Gasteiger partial charge in [-0.3, -0.25) is 4.98 Å². The van der Waals surface area contributed by atoms with Crippen molar-refractivity contribution < 1.29 is 0 Å². The van der Waals surface area contributed by atoms with Gasteiger partial charge in [-0.1, -0.05) is 13.0 Å². The first-order chi connectivity index (χ1) is 9.35. The lowest BCUT2D eigenvalue weighted by Gasteiger charge is -2.06. The lowest BCUT2D eigenvalue weighted by atomic mass is 10.2. The molecule has 0 saturated heterocycles. The first-order valence-electron chi connectivity index (χ1n) is 6.28. The van der Waals surface area contributed by atoms with Crippen LogP contribution in [-0.4, -0.2) is 15.0 Å². The van der Waals surface area contributed by atoms with Gasteiger partial charge in [-0.05, 0) is 36.2 Å². The van der Waals surface area contributed by atoms with Gasteiger partial charge in [0.1, 0.15) is 0 Å². The largest absolute Gasteiger partial charge is 0.324 e. The number of hydrogen-bond donors (Lipinski definition) is 1. The molecule has 0 atom stereocenters. The van der Waals surface area contributed by atoms with Crippen LogP contribution >= 0.6 is 0 Å². The lowest BCUT2D eigenvalue weighted by Crippen LogP contribution is -1.97. The molecule has 4 nitrogen and oxygen atoms in total. The van der Waals surface area contributed by atoms with E-state index in [1.807, 2.05) is 42.7 Å². The van der Waals surface area contributed by atoms with Gasteiger partial charge in [-0.15, -0.1) is 0 Å². The van der Waals surface area contributed by atoms with Crippen LogP contribution < -0.4 is 5.32 Å². The zero-order chi connectivity index (χ0) is 13.1. The average Bonchev–Trinajstić information content (AvgIpc) is 2.48. The maximum atomic E-state index is 4.29.